The molecule has 1 aromatic heterocycles. The van der Waals surface area contributed by atoms with Gasteiger partial charge in [0.05, 0.1) is 6.61 Å². The number of hydrogen-bond donors (Lipinski definition) is 3. The number of rotatable bonds is 3. The Bertz CT molecular complexity index is 577. The maximum Gasteiger partial charge on any atom is 0.251 e. The predicted molar refractivity (Wildman–Crippen MR) is 62.7 cm³/mol. The molecule has 0 bridgehead atoms. The van der Waals surface area contributed by atoms with Crippen LogP contribution in [-0.2, 0) is 4.74 Å². The van der Waals surface area contributed by atoms with E-state index in [2.05, 4.69) is 4.98 Å². The van der Waals surface area contributed by atoms with Gasteiger partial charge in [-0.1, -0.05) is 0 Å². The monoisotopic (exact) mass is 294 g/mol. The van der Waals surface area contributed by atoms with Crippen molar-refractivity contribution in [3.05, 3.63) is 27.4 Å². The molecular weight excluding hydrogens is 282 g/mol. The Morgan fingerprint density at radius 3 is 2.84 bits per heavy atom. The summed E-state index contributed by atoms with van der Waals surface area (Å²) in [6, 6.07) is 1.08. The van der Waals surface area contributed by atoms with Gasteiger partial charge in [0, 0.05) is 12.3 Å². The first-order valence-electron chi connectivity index (χ1n) is 5.44. The van der Waals surface area contributed by atoms with Gasteiger partial charge in [-0.3, -0.25) is 14.3 Å². The minimum absolute atomic E-state index is 0.143. The standard InChI is InChI=1S/C10H12F2N2O4S/c11-4-10(17)7(12)5(3-15)18-8(10)14-2-1-6(16)13-9(14)19/h1-2,5,7-8,15,17H,3-4H2,(H,13,16,19)/t5-,7?,8-,10-/m1/s1. The second kappa shape index (κ2) is 5.08. The van der Waals surface area contributed by atoms with Crippen molar-refractivity contribution in [2.24, 2.45) is 0 Å². The summed E-state index contributed by atoms with van der Waals surface area (Å²) in [5.74, 6) is 0. The van der Waals surface area contributed by atoms with E-state index in [9.17, 15) is 18.7 Å². The predicted octanol–water partition coefficient (Wildman–Crippen LogP) is -0.166. The van der Waals surface area contributed by atoms with Gasteiger partial charge in [0.1, 0.15) is 12.8 Å². The topological polar surface area (TPSA) is 87.5 Å². The van der Waals surface area contributed by atoms with Crippen LogP contribution in [0.15, 0.2) is 17.1 Å². The molecule has 1 aliphatic heterocycles. The zero-order valence-electron chi connectivity index (χ0n) is 9.62. The molecule has 0 radical (unpaired) electrons. The summed E-state index contributed by atoms with van der Waals surface area (Å²) in [6.45, 7) is -2.13. The van der Waals surface area contributed by atoms with Crippen molar-refractivity contribution < 1.29 is 23.7 Å². The zero-order valence-corrected chi connectivity index (χ0v) is 10.4. The number of aliphatic hydroxyl groups excluding tert-OH is 1. The van der Waals surface area contributed by atoms with Crippen LogP contribution in [0.1, 0.15) is 6.23 Å². The molecule has 9 heteroatoms. The van der Waals surface area contributed by atoms with Crippen LogP contribution in [0, 0.1) is 4.77 Å². The van der Waals surface area contributed by atoms with E-state index in [0.29, 0.717) is 0 Å². The fourth-order valence-electron chi connectivity index (χ4n) is 2.00. The summed E-state index contributed by atoms with van der Waals surface area (Å²) in [6.07, 6.45) is -3.77. The highest BCUT2D eigenvalue weighted by molar-refractivity contribution is 7.71. The number of nitrogens with one attached hydrogen (secondary N) is 1. The molecule has 1 saturated heterocycles. The van der Waals surface area contributed by atoms with E-state index in [1.54, 1.807) is 0 Å². The van der Waals surface area contributed by atoms with Crippen molar-refractivity contribution in [1.29, 1.82) is 0 Å². The number of aromatic nitrogens is 2. The van der Waals surface area contributed by atoms with Crippen LogP contribution in [-0.4, -0.2) is 50.9 Å². The molecule has 19 heavy (non-hydrogen) atoms. The van der Waals surface area contributed by atoms with Gasteiger partial charge in [0.2, 0.25) is 0 Å². The van der Waals surface area contributed by atoms with Gasteiger partial charge in [-0.2, -0.15) is 0 Å². The molecule has 1 fully saturated rings. The molecule has 0 amide bonds. The summed E-state index contributed by atoms with van der Waals surface area (Å²) in [5.41, 5.74) is -2.96. The van der Waals surface area contributed by atoms with Gasteiger partial charge in [0.25, 0.3) is 5.56 Å². The lowest BCUT2D eigenvalue weighted by atomic mass is 9.97. The highest BCUT2D eigenvalue weighted by atomic mass is 32.1. The number of alkyl halides is 2. The van der Waals surface area contributed by atoms with Crippen LogP contribution in [0.25, 0.3) is 0 Å². The summed E-state index contributed by atoms with van der Waals surface area (Å²) in [7, 11) is 0. The van der Waals surface area contributed by atoms with Crippen molar-refractivity contribution in [1.82, 2.24) is 9.55 Å². The number of nitrogens with zero attached hydrogens (tertiary/aromatic N) is 1. The number of aliphatic hydroxyl groups is 2. The van der Waals surface area contributed by atoms with Crippen LogP contribution >= 0.6 is 12.2 Å². The van der Waals surface area contributed by atoms with Gasteiger partial charge >= 0.3 is 0 Å². The Balaban J connectivity index is 2.48. The molecule has 1 aliphatic rings. The summed E-state index contributed by atoms with van der Waals surface area (Å²) < 4.78 is 32.9. The van der Waals surface area contributed by atoms with Crippen LogP contribution in [0.4, 0.5) is 8.78 Å². The highest BCUT2D eigenvalue weighted by Crippen LogP contribution is 2.40. The Labute approximate surface area is 111 Å². The molecule has 0 aromatic carbocycles. The Hall–Kier alpha value is -1.16. The lowest BCUT2D eigenvalue weighted by Crippen LogP contribution is -2.47. The van der Waals surface area contributed by atoms with Crippen molar-refractivity contribution >= 4 is 12.2 Å². The first-order chi connectivity index (χ1) is 8.93. The fourth-order valence-corrected chi connectivity index (χ4v) is 2.26. The largest absolute Gasteiger partial charge is 0.394 e. The van der Waals surface area contributed by atoms with Gasteiger partial charge in [-0.15, -0.1) is 0 Å². The second-order valence-corrected chi connectivity index (χ2v) is 4.64. The van der Waals surface area contributed by atoms with Gasteiger partial charge < -0.3 is 14.9 Å². The summed E-state index contributed by atoms with van der Waals surface area (Å²) in [4.78, 5) is 13.3. The zero-order chi connectivity index (χ0) is 14.2. The third-order valence-electron chi connectivity index (χ3n) is 3.03. The number of H-pyrrole nitrogens is 1. The minimum Gasteiger partial charge on any atom is -0.394 e. The van der Waals surface area contributed by atoms with Gasteiger partial charge in [-0.05, 0) is 12.2 Å². The Morgan fingerprint density at radius 1 is 1.63 bits per heavy atom. The van der Waals surface area contributed by atoms with Crippen LogP contribution < -0.4 is 5.56 Å². The molecule has 2 rings (SSSR count). The molecule has 0 aliphatic carbocycles. The minimum atomic E-state index is -2.47. The lowest BCUT2D eigenvalue weighted by Gasteiger charge is -2.28. The third kappa shape index (κ3) is 2.22. The first kappa shape index (κ1) is 14.3. The molecule has 4 atom stereocenters. The van der Waals surface area contributed by atoms with E-state index >= 15 is 0 Å². The van der Waals surface area contributed by atoms with Crippen molar-refractivity contribution in [3.63, 3.8) is 0 Å². The fraction of sp³-hybridized carbons (Fsp3) is 0.600. The molecule has 0 saturated carbocycles. The number of aromatic amines is 1. The molecule has 6 nitrogen and oxygen atoms in total. The quantitative estimate of drug-likeness (QED) is 0.674. The van der Waals surface area contributed by atoms with Gasteiger partial charge in [-0.25, -0.2) is 8.78 Å². The molecule has 1 aromatic rings. The van der Waals surface area contributed by atoms with E-state index in [1.165, 1.54) is 6.20 Å². The molecule has 3 N–H and O–H groups in total. The Kier molecular flexibility index (Phi) is 3.81. The van der Waals surface area contributed by atoms with Crippen LogP contribution in [0.5, 0.6) is 0 Å². The van der Waals surface area contributed by atoms with Crippen LogP contribution in [0.2, 0.25) is 0 Å². The number of hydrogen-bond acceptors (Lipinski definition) is 5. The molecule has 0 spiro atoms. The van der Waals surface area contributed by atoms with Crippen LogP contribution in [0.3, 0.4) is 0 Å². The molecule has 2 heterocycles. The van der Waals surface area contributed by atoms with Gasteiger partial charge in [0.15, 0.2) is 22.8 Å². The highest BCUT2D eigenvalue weighted by Gasteiger charge is 2.57. The summed E-state index contributed by atoms with van der Waals surface area (Å²) >= 11 is 4.85. The maximum atomic E-state index is 13.9. The lowest BCUT2D eigenvalue weighted by molar-refractivity contribution is -0.112. The van der Waals surface area contributed by atoms with E-state index in [1.807, 2.05) is 0 Å². The average Bonchev–Trinajstić information content (AvgIpc) is 2.63. The van der Waals surface area contributed by atoms with E-state index in [0.717, 1.165) is 10.6 Å². The second-order valence-electron chi connectivity index (χ2n) is 4.25. The van der Waals surface area contributed by atoms with Crippen molar-refractivity contribution in [2.75, 3.05) is 13.3 Å². The Morgan fingerprint density at radius 2 is 2.32 bits per heavy atom. The van der Waals surface area contributed by atoms with Crippen molar-refractivity contribution in [3.8, 4) is 0 Å². The number of ether oxygens (including phenoxy) is 1. The molecular formula is C10H12F2N2O4S. The molecule has 106 valence electrons. The average molecular weight is 294 g/mol. The van der Waals surface area contributed by atoms with E-state index < -0.39 is 42.9 Å². The normalized spacial score (nSPS) is 34.6. The van der Waals surface area contributed by atoms with Crippen molar-refractivity contribution in [2.45, 2.75) is 24.1 Å². The van der Waals surface area contributed by atoms with E-state index in [-0.39, 0.29) is 4.77 Å². The summed E-state index contributed by atoms with van der Waals surface area (Å²) in [5, 5.41) is 19.0. The first-order valence-corrected chi connectivity index (χ1v) is 5.85. The maximum absolute atomic E-state index is 13.9. The third-order valence-corrected chi connectivity index (χ3v) is 3.35. The molecule has 1 unspecified atom stereocenters. The SMILES string of the molecule is O=c1ccn([C@@H]2O[C@H](CO)C(F)[C@]2(O)CF)c(=S)[nH]1. The number of halogens is 2. The van der Waals surface area contributed by atoms with E-state index in [4.69, 9.17) is 22.1 Å². The smallest absolute Gasteiger partial charge is 0.251 e.